The van der Waals surface area contributed by atoms with E-state index < -0.39 is 0 Å². The smallest absolute Gasteiger partial charge is 0.249 e. The molecule has 0 aliphatic carbocycles. The SMILES string of the molecule is O=C1CCC(NC2=NCCCC2)C(=O)N1. The lowest BCUT2D eigenvalue weighted by Crippen LogP contribution is -2.52. The Kier molecular flexibility index (Phi) is 2.99. The lowest BCUT2D eigenvalue weighted by molar-refractivity contribution is -0.134. The summed E-state index contributed by atoms with van der Waals surface area (Å²) in [5.41, 5.74) is 0. The first-order chi connectivity index (χ1) is 7.25. The normalized spacial score (nSPS) is 26.9. The van der Waals surface area contributed by atoms with E-state index in [0.29, 0.717) is 12.8 Å². The molecule has 0 bridgehead atoms. The number of hydrogen-bond acceptors (Lipinski definition) is 4. The van der Waals surface area contributed by atoms with Crippen LogP contribution in [0.5, 0.6) is 0 Å². The van der Waals surface area contributed by atoms with Crippen molar-refractivity contribution in [2.45, 2.75) is 38.1 Å². The Balaban J connectivity index is 1.91. The van der Waals surface area contributed by atoms with Gasteiger partial charge in [0.1, 0.15) is 6.04 Å². The van der Waals surface area contributed by atoms with Gasteiger partial charge in [-0.05, 0) is 19.3 Å². The molecule has 0 spiro atoms. The maximum absolute atomic E-state index is 11.4. The fraction of sp³-hybridized carbons (Fsp3) is 0.700. The molecule has 5 nitrogen and oxygen atoms in total. The number of amides is 2. The van der Waals surface area contributed by atoms with Crippen molar-refractivity contribution < 1.29 is 9.59 Å². The topological polar surface area (TPSA) is 70.6 Å². The van der Waals surface area contributed by atoms with E-state index in [2.05, 4.69) is 15.6 Å². The van der Waals surface area contributed by atoms with Gasteiger partial charge in [0.25, 0.3) is 0 Å². The van der Waals surface area contributed by atoms with Crippen LogP contribution < -0.4 is 10.6 Å². The molecule has 15 heavy (non-hydrogen) atoms. The maximum atomic E-state index is 11.4. The van der Waals surface area contributed by atoms with Crippen LogP contribution >= 0.6 is 0 Å². The first kappa shape index (κ1) is 10.1. The minimum atomic E-state index is -0.278. The van der Waals surface area contributed by atoms with E-state index in [0.717, 1.165) is 31.6 Å². The number of hydrogen-bond donors (Lipinski definition) is 2. The minimum Gasteiger partial charge on any atom is -0.362 e. The van der Waals surface area contributed by atoms with Gasteiger partial charge < -0.3 is 5.32 Å². The van der Waals surface area contributed by atoms with Gasteiger partial charge in [0.2, 0.25) is 11.8 Å². The Labute approximate surface area is 88.3 Å². The van der Waals surface area contributed by atoms with Crippen LogP contribution in [-0.2, 0) is 9.59 Å². The molecule has 0 aromatic carbocycles. The van der Waals surface area contributed by atoms with Crippen LogP contribution in [0.4, 0.5) is 0 Å². The number of carbonyl (C=O) groups excluding carboxylic acids is 2. The highest BCUT2D eigenvalue weighted by atomic mass is 16.2. The number of piperidine rings is 1. The van der Waals surface area contributed by atoms with E-state index in [9.17, 15) is 9.59 Å². The molecule has 2 amide bonds. The second kappa shape index (κ2) is 4.42. The van der Waals surface area contributed by atoms with Crippen LogP contribution in [0.25, 0.3) is 0 Å². The molecule has 2 aliphatic heterocycles. The second-order valence-corrected chi connectivity index (χ2v) is 3.93. The summed E-state index contributed by atoms with van der Waals surface area (Å²) >= 11 is 0. The summed E-state index contributed by atoms with van der Waals surface area (Å²) in [5, 5.41) is 5.44. The molecule has 2 N–H and O–H groups in total. The summed E-state index contributed by atoms with van der Waals surface area (Å²) in [7, 11) is 0. The number of nitrogens with zero attached hydrogens (tertiary/aromatic N) is 1. The Morgan fingerprint density at radius 3 is 2.80 bits per heavy atom. The summed E-state index contributed by atoms with van der Waals surface area (Å²) in [5.74, 6) is 0.513. The first-order valence-corrected chi connectivity index (χ1v) is 5.39. The summed E-state index contributed by atoms with van der Waals surface area (Å²) in [6, 6.07) is -0.278. The fourth-order valence-corrected chi connectivity index (χ4v) is 1.85. The van der Waals surface area contributed by atoms with Crippen molar-refractivity contribution in [2.24, 2.45) is 4.99 Å². The molecule has 1 atom stereocenters. The molecular formula is C10H15N3O2. The standard InChI is InChI=1S/C10H15N3O2/c14-9-5-4-7(10(15)13-9)12-8-3-1-2-6-11-8/h7H,1-6H2,(H,11,12)(H,13,14,15). The van der Waals surface area contributed by atoms with Gasteiger partial charge in [0.15, 0.2) is 0 Å². The van der Waals surface area contributed by atoms with Crippen molar-refractivity contribution >= 4 is 17.6 Å². The molecule has 5 heteroatoms. The zero-order valence-corrected chi connectivity index (χ0v) is 8.58. The highest BCUT2D eigenvalue weighted by Crippen LogP contribution is 2.08. The number of carbonyl (C=O) groups is 2. The predicted molar refractivity (Wildman–Crippen MR) is 55.5 cm³/mol. The average molecular weight is 209 g/mol. The first-order valence-electron chi connectivity index (χ1n) is 5.39. The number of aliphatic imine (C=N–C) groups is 1. The highest BCUT2D eigenvalue weighted by Gasteiger charge is 2.27. The van der Waals surface area contributed by atoms with Crippen molar-refractivity contribution in [2.75, 3.05) is 6.54 Å². The largest absolute Gasteiger partial charge is 0.362 e. The van der Waals surface area contributed by atoms with Gasteiger partial charge in [-0.15, -0.1) is 0 Å². The molecule has 0 radical (unpaired) electrons. The summed E-state index contributed by atoms with van der Waals surface area (Å²) in [6.45, 7) is 0.843. The molecule has 0 saturated carbocycles. The van der Waals surface area contributed by atoms with Gasteiger partial charge in [0.05, 0.1) is 5.84 Å². The van der Waals surface area contributed by atoms with Gasteiger partial charge in [-0.25, -0.2) is 0 Å². The van der Waals surface area contributed by atoms with E-state index in [1.165, 1.54) is 0 Å². The monoisotopic (exact) mass is 209 g/mol. The van der Waals surface area contributed by atoms with Gasteiger partial charge in [-0.2, -0.15) is 0 Å². The van der Waals surface area contributed by atoms with Crippen LogP contribution in [0.2, 0.25) is 0 Å². The molecule has 2 heterocycles. The second-order valence-electron chi connectivity index (χ2n) is 3.93. The summed E-state index contributed by atoms with van der Waals surface area (Å²) in [6.07, 6.45) is 4.15. The van der Waals surface area contributed by atoms with Crippen LogP contribution in [0, 0.1) is 0 Å². The molecule has 1 fully saturated rings. The summed E-state index contributed by atoms with van der Waals surface area (Å²) < 4.78 is 0. The zero-order valence-electron chi connectivity index (χ0n) is 8.58. The van der Waals surface area contributed by atoms with Crippen molar-refractivity contribution in [3.8, 4) is 0 Å². The van der Waals surface area contributed by atoms with E-state index >= 15 is 0 Å². The minimum absolute atomic E-state index is 0.177. The van der Waals surface area contributed by atoms with E-state index in [1.807, 2.05) is 0 Å². The van der Waals surface area contributed by atoms with Crippen LogP contribution in [-0.4, -0.2) is 30.2 Å². The predicted octanol–water partition coefficient (Wildman–Crippen LogP) is -0.0364. The average Bonchev–Trinajstić information content (AvgIpc) is 2.24. The van der Waals surface area contributed by atoms with Gasteiger partial charge >= 0.3 is 0 Å². The molecule has 1 unspecified atom stereocenters. The van der Waals surface area contributed by atoms with Crippen molar-refractivity contribution in [1.29, 1.82) is 0 Å². The zero-order chi connectivity index (χ0) is 10.7. The van der Waals surface area contributed by atoms with Crippen LogP contribution in [0.1, 0.15) is 32.1 Å². The fourth-order valence-electron chi connectivity index (χ4n) is 1.85. The third-order valence-corrected chi connectivity index (χ3v) is 2.70. The van der Waals surface area contributed by atoms with E-state index in [1.54, 1.807) is 0 Å². The highest BCUT2D eigenvalue weighted by molar-refractivity contribution is 6.02. The van der Waals surface area contributed by atoms with Crippen molar-refractivity contribution in [3.05, 3.63) is 0 Å². The summed E-state index contributed by atoms with van der Waals surface area (Å²) in [4.78, 5) is 26.7. The van der Waals surface area contributed by atoms with E-state index in [-0.39, 0.29) is 17.9 Å². The van der Waals surface area contributed by atoms with Crippen molar-refractivity contribution in [1.82, 2.24) is 10.6 Å². The number of amidine groups is 1. The molecule has 0 aromatic heterocycles. The Morgan fingerprint density at radius 1 is 1.27 bits per heavy atom. The Bertz CT molecular complexity index is 312. The van der Waals surface area contributed by atoms with Gasteiger partial charge in [-0.3, -0.25) is 19.9 Å². The van der Waals surface area contributed by atoms with Crippen LogP contribution in [0.15, 0.2) is 4.99 Å². The molecular weight excluding hydrogens is 194 g/mol. The van der Waals surface area contributed by atoms with Gasteiger partial charge in [-0.1, -0.05) is 0 Å². The third kappa shape index (κ3) is 2.55. The third-order valence-electron chi connectivity index (χ3n) is 2.70. The van der Waals surface area contributed by atoms with Gasteiger partial charge in [0, 0.05) is 19.4 Å². The molecule has 2 rings (SSSR count). The Morgan fingerprint density at radius 2 is 2.13 bits per heavy atom. The van der Waals surface area contributed by atoms with E-state index in [4.69, 9.17) is 0 Å². The Hall–Kier alpha value is -1.39. The quantitative estimate of drug-likeness (QED) is 0.595. The van der Waals surface area contributed by atoms with Crippen LogP contribution in [0.3, 0.4) is 0 Å². The molecule has 1 saturated heterocycles. The molecule has 2 aliphatic rings. The van der Waals surface area contributed by atoms with Crippen molar-refractivity contribution in [3.63, 3.8) is 0 Å². The molecule has 0 aromatic rings. The lowest BCUT2D eigenvalue weighted by Gasteiger charge is -2.24. The number of imide groups is 1. The lowest BCUT2D eigenvalue weighted by atomic mass is 10.1. The molecule has 82 valence electrons. The maximum Gasteiger partial charge on any atom is 0.249 e. The number of rotatable bonds is 1. The number of nitrogens with one attached hydrogen (secondary N) is 2.